The van der Waals surface area contributed by atoms with Gasteiger partial charge in [0, 0.05) is 6.42 Å². The van der Waals surface area contributed by atoms with Crippen molar-refractivity contribution in [3.63, 3.8) is 0 Å². The van der Waals surface area contributed by atoms with Crippen LogP contribution in [0.1, 0.15) is 39.0 Å². The lowest BCUT2D eigenvalue weighted by atomic mass is 10.2. The molecule has 3 heteroatoms. The monoisotopic (exact) mass is 189 g/mol. The third kappa shape index (κ3) is 34.5. The standard InChI is InChI=1S/C7H14O2.C3H9N/c1-2-3-4-5-6-7(8)9;1-4(2)3/h2-6H2,1H3,(H,8,9);1-3H3. The summed E-state index contributed by atoms with van der Waals surface area (Å²) in [7, 11) is 6.00. The highest BCUT2D eigenvalue weighted by molar-refractivity contribution is 5.66. The molecule has 0 unspecified atom stereocenters. The van der Waals surface area contributed by atoms with Crippen LogP contribution in [0.15, 0.2) is 0 Å². The highest BCUT2D eigenvalue weighted by Crippen LogP contribution is 2.01. The zero-order valence-corrected chi connectivity index (χ0v) is 9.34. The van der Waals surface area contributed by atoms with Gasteiger partial charge in [0.2, 0.25) is 0 Å². The summed E-state index contributed by atoms with van der Waals surface area (Å²) in [4.78, 5) is 12.0. The Hall–Kier alpha value is -0.570. The smallest absolute Gasteiger partial charge is 0.303 e. The number of hydrogen-bond donors (Lipinski definition) is 1. The number of unbranched alkanes of at least 4 members (excludes halogenated alkanes) is 3. The first kappa shape index (κ1) is 14.9. The second kappa shape index (κ2) is 11.4. The molecule has 0 atom stereocenters. The first-order valence-electron chi connectivity index (χ1n) is 4.83. The number of hydrogen-bond acceptors (Lipinski definition) is 2. The Morgan fingerprint density at radius 2 is 1.62 bits per heavy atom. The van der Waals surface area contributed by atoms with Gasteiger partial charge in [-0.25, -0.2) is 0 Å². The average molecular weight is 189 g/mol. The van der Waals surface area contributed by atoms with Crippen molar-refractivity contribution in [2.45, 2.75) is 39.0 Å². The predicted molar refractivity (Wildman–Crippen MR) is 56.0 cm³/mol. The zero-order valence-electron chi connectivity index (χ0n) is 9.34. The molecular weight excluding hydrogens is 166 g/mol. The van der Waals surface area contributed by atoms with Crippen LogP contribution in [-0.2, 0) is 4.79 Å². The Balaban J connectivity index is 0. The van der Waals surface area contributed by atoms with Crippen LogP contribution in [0.3, 0.4) is 0 Å². The van der Waals surface area contributed by atoms with Crippen LogP contribution in [0.25, 0.3) is 0 Å². The molecule has 0 radical (unpaired) electrons. The number of carboxylic acids is 1. The van der Waals surface area contributed by atoms with Crippen LogP contribution in [0.5, 0.6) is 0 Å². The predicted octanol–water partition coefficient (Wildman–Crippen LogP) is 2.22. The molecule has 0 saturated carbocycles. The molecule has 13 heavy (non-hydrogen) atoms. The molecule has 0 spiro atoms. The third-order valence-electron chi connectivity index (χ3n) is 1.24. The summed E-state index contributed by atoms with van der Waals surface area (Å²) in [6, 6.07) is 0. The van der Waals surface area contributed by atoms with Crippen LogP contribution in [-0.4, -0.2) is 37.1 Å². The van der Waals surface area contributed by atoms with E-state index in [9.17, 15) is 4.79 Å². The van der Waals surface area contributed by atoms with E-state index in [4.69, 9.17) is 5.11 Å². The lowest BCUT2D eigenvalue weighted by Crippen LogP contribution is -1.99. The van der Waals surface area contributed by atoms with Crippen molar-refractivity contribution in [3.05, 3.63) is 0 Å². The van der Waals surface area contributed by atoms with Crippen molar-refractivity contribution in [1.82, 2.24) is 4.90 Å². The van der Waals surface area contributed by atoms with Gasteiger partial charge >= 0.3 is 5.97 Å². The molecule has 0 rings (SSSR count). The molecule has 0 heterocycles. The highest BCUT2D eigenvalue weighted by atomic mass is 16.4. The Kier molecular flexibility index (Phi) is 13.1. The lowest BCUT2D eigenvalue weighted by molar-refractivity contribution is -0.137. The SMILES string of the molecule is CCCCCCC(=O)O.CN(C)C. The van der Waals surface area contributed by atoms with Crippen molar-refractivity contribution in [2.75, 3.05) is 21.1 Å². The number of carbonyl (C=O) groups is 1. The minimum Gasteiger partial charge on any atom is -0.481 e. The minimum absolute atomic E-state index is 0.333. The van der Waals surface area contributed by atoms with Gasteiger partial charge in [0.15, 0.2) is 0 Å². The fourth-order valence-corrected chi connectivity index (χ4v) is 0.703. The molecule has 0 aliphatic carbocycles. The maximum Gasteiger partial charge on any atom is 0.303 e. The highest BCUT2D eigenvalue weighted by Gasteiger charge is 1.93. The van der Waals surface area contributed by atoms with E-state index in [1.54, 1.807) is 0 Å². The molecule has 80 valence electrons. The average Bonchev–Trinajstić information content (AvgIpc) is 1.97. The van der Waals surface area contributed by atoms with Crippen LogP contribution >= 0.6 is 0 Å². The van der Waals surface area contributed by atoms with Crippen molar-refractivity contribution in [3.8, 4) is 0 Å². The molecule has 0 aromatic rings. The van der Waals surface area contributed by atoms with E-state index in [2.05, 4.69) is 6.92 Å². The van der Waals surface area contributed by atoms with Crippen LogP contribution in [0, 0.1) is 0 Å². The molecule has 0 aromatic carbocycles. The van der Waals surface area contributed by atoms with E-state index in [1.807, 2.05) is 26.0 Å². The fourth-order valence-electron chi connectivity index (χ4n) is 0.703. The van der Waals surface area contributed by atoms with Gasteiger partial charge in [0.1, 0.15) is 0 Å². The van der Waals surface area contributed by atoms with Gasteiger partial charge in [-0.1, -0.05) is 26.2 Å². The summed E-state index contributed by atoms with van der Waals surface area (Å²) in [6.07, 6.45) is 4.55. The van der Waals surface area contributed by atoms with E-state index < -0.39 is 5.97 Å². The quantitative estimate of drug-likeness (QED) is 0.674. The summed E-state index contributed by atoms with van der Waals surface area (Å²) in [6.45, 7) is 2.11. The van der Waals surface area contributed by atoms with Gasteiger partial charge in [-0.3, -0.25) is 4.79 Å². The van der Waals surface area contributed by atoms with Gasteiger partial charge in [-0.15, -0.1) is 0 Å². The fraction of sp³-hybridized carbons (Fsp3) is 0.900. The van der Waals surface area contributed by atoms with Crippen LogP contribution in [0.4, 0.5) is 0 Å². The van der Waals surface area contributed by atoms with Crippen molar-refractivity contribution < 1.29 is 9.90 Å². The summed E-state index contributed by atoms with van der Waals surface area (Å²) < 4.78 is 0. The third-order valence-corrected chi connectivity index (χ3v) is 1.24. The molecule has 0 saturated heterocycles. The van der Waals surface area contributed by atoms with Crippen LogP contribution < -0.4 is 0 Å². The summed E-state index contributed by atoms with van der Waals surface area (Å²) >= 11 is 0. The van der Waals surface area contributed by atoms with E-state index >= 15 is 0 Å². The Labute approximate surface area is 81.7 Å². The lowest BCUT2D eigenvalue weighted by Gasteiger charge is -1.92. The first-order chi connectivity index (χ1) is 6.00. The molecule has 1 N–H and O–H groups in total. The van der Waals surface area contributed by atoms with Crippen LogP contribution in [0.2, 0.25) is 0 Å². The molecule has 0 aliphatic heterocycles. The molecule has 0 fully saturated rings. The maximum absolute atomic E-state index is 9.96. The molecule has 0 aromatic heterocycles. The first-order valence-corrected chi connectivity index (χ1v) is 4.83. The number of nitrogens with zero attached hydrogens (tertiary/aromatic N) is 1. The largest absolute Gasteiger partial charge is 0.481 e. The topological polar surface area (TPSA) is 40.5 Å². The molecule has 0 amide bonds. The van der Waals surface area contributed by atoms with Gasteiger partial charge in [-0.2, -0.15) is 0 Å². The molecule has 3 nitrogen and oxygen atoms in total. The van der Waals surface area contributed by atoms with Gasteiger partial charge in [-0.05, 0) is 27.6 Å². The van der Waals surface area contributed by atoms with E-state index in [0.717, 1.165) is 19.3 Å². The summed E-state index contributed by atoms with van der Waals surface area (Å²) in [5.74, 6) is -0.675. The maximum atomic E-state index is 9.96. The number of aliphatic carboxylic acids is 1. The van der Waals surface area contributed by atoms with Crippen molar-refractivity contribution in [2.24, 2.45) is 0 Å². The van der Waals surface area contributed by atoms with Gasteiger partial charge in [0.05, 0.1) is 0 Å². The van der Waals surface area contributed by atoms with Gasteiger partial charge < -0.3 is 10.0 Å². The molecule has 0 bridgehead atoms. The summed E-state index contributed by atoms with van der Waals surface area (Å²) in [5, 5.41) is 8.21. The number of rotatable bonds is 5. The number of carboxylic acid groups (broad SMARTS) is 1. The minimum atomic E-state index is -0.675. The second-order valence-corrected chi connectivity index (χ2v) is 3.55. The van der Waals surface area contributed by atoms with Gasteiger partial charge in [0.25, 0.3) is 0 Å². The van der Waals surface area contributed by atoms with Crippen molar-refractivity contribution in [1.29, 1.82) is 0 Å². The Bertz CT molecular complexity index is 111. The summed E-state index contributed by atoms with van der Waals surface area (Å²) in [5.41, 5.74) is 0. The Morgan fingerprint density at radius 3 is 1.92 bits per heavy atom. The van der Waals surface area contributed by atoms with E-state index in [1.165, 1.54) is 6.42 Å². The Morgan fingerprint density at radius 1 is 1.15 bits per heavy atom. The van der Waals surface area contributed by atoms with E-state index in [0.29, 0.717) is 6.42 Å². The molecule has 0 aliphatic rings. The normalized spacial score (nSPS) is 9.31. The zero-order chi connectivity index (χ0) is 10.7. The van der Waals surface area contributed by atoms with E-state index in [-0.39, 0.29) is 0 Å². The molecular formula is C10H23NO2. The van der Waals surface area contributed by atoms with Crippen molar-refractivity contribution >= 4 is 5.97 Å². The second-order valence-electron chi connectivity index (χ2n) is 3.55.